The standard InChI is InChI=1S/C17H17ClF2N2O2/c1-9(16(23)24-17(2,3)4)22-12-6-5-10(8-21)14(18)11(12)7-13(22)15(19)20/h5-7,9,15H,1-4H3. The number of rotatable bonds is 3. The summed E-state index contributed by atoms with van der Waals surface area (Å²) in [6.45, 7) is 6.60. The van der Waals surface area contributed by atoms with Gasteiger partial charge in [-0.1, -0.05) is 11.6 Å². The number of ether oxygens (including phenoxy) is 1. The van der Waals surface area contributed by atoms with E-state index in [1.54, 1.807) is 20.8 Å². The molecule has 0 N–H and O–H groups in total. The van der Waals surface area contributed by atoms with E-state index in [0.717, 1.165) is 0 Å². The molecule has 24 heavy (non-hydrogen) atoms. The largest absolute Gasteiger partial charge is 0.458 e. The van der Waals surface area contributed by atoms with Gasteiger partial charge in [-0.15, -0.1) is 0 Å². The monoisotopic (exact) mass is 354 g/mol. The molecule has 0 fully saturated rings. The molecule has 0 radical (unpaired) electrons. The number of alkyl halides is 2. The van der Waals surface area contributed by atoms with Crippen LogP contribution in [-0.2, 0) is 9.53 Å². The van der Waals surface area contributed by atoms with Gasteiger partial charge in [0.1, 0.15) is 17.7 Å². The number of esters is 1. The molecule has 0 saturated heterocycles. The maximum absolute atomic E-state index is 13.5. The first kappa shape index (κ1) is 18.2. The van der Waals surface area contributed by atoms with Crippen molar-refractivity contribution in [1.29, 1.82) is 5.26 Å². The summed E-state index contributed by atoms with van der Waals surface area (Å²) in [6, 6.07) is 5.11. The molecule has 0 aliphatic carbocycles. The van der Waals surface area contributed by atoms with Crippen LogP contribution >= 0.6 is 11.6 Å². The summed E-state index contributed by atoms with van der Waals surface area (Å²) >= 11 is 6.13. The van der Waals surface area contributed by atoms with Gasteiger partial charge in [0, 0.05) is 5.39 Å². The second-order valence-corrected chi connectivity index (χ2v) is 6.80. The van der Waals surface area contributed by atoms with E-state index in [1.807, 2.05) is 6.07 Å². The van der Waals surface area contributed by atoms with Gasteiger partial charge >= 0.3 is 5.97 Å². The minimum Gasteiger partial charge on any atom is -0.458 e. The Labute approximate surface area is 143 Å². The number of carbonyl (C=O) groups is 1. The number of nitriles is 1. The lowest BCUT2D eigenvalue weighted by Gasteiger charge is -2.24. The zero-order chi connectivity index (χ0) is 18.2. The van der Waals surface area contributed by atoms with Gasteiger partial charge in [0.25, 0.3) is 6.43 Å². The Hall–Kier alpha value is -2.13. The third kappa shape index (κ3) is 3.36. The van der Waals surface area contributed by atoms with Crippen molar-refractivity contribution in [3.05, 3.63) is 34.5 Å². The highest BCUT2D eigenvalue weighted by Gasteiger charge is 2.29. The number of aromatic nitrogens is 1. The molecule has 1 aromatic heterocycles. The van der Waals surface area contributed by atoms with E-state index in [1.165, 1.54) is 29.7 Å². The number of halogens is 3. The lowest BCUT2D eigenvalue weighted by molar-refractivity contribution is -0.158. The average Bonchev–Trinajstić information content (AvgIpc) is 2.85. The van der Waals surface area contributed by atoms with E-state index in [0.29, 0.717) is 10.9 Å². The van der Waals surface area contributed by atoms with Gasteiger partial charge in [0.15, 0.2) is 0 Å². The Bertz CT molecular complexity index is 832. The molecule has 128 valence electrons. The van der Waals surface area contributed by atoms with E-state index in [2.05, 4.69) is 0 Å². The van der Waals surface area contributed by atoms with Crippen molar-refractivity contribution in [2.75, 3.05) is 0 Å². The lowest BCUT2D eigenvalue weighted by atomic mass is 10.1. The minimum absolute atomic E-state index is 0.0899. The molecule has 0 spiro atoms. The SMILES string of the molecule is CC(C(=O)OC(C)(C)C)n1c(C(F)F)cc2c(Cl)c(C#N)ccc21. The van der Waals surface area contributed by atoms with Crippen LogP contribution in [0.25, 0.3) is 10.9 Å². The molecule has 7 heteroatoms. The average molecular weight is 355 g/mol. The maximum Gasteiger partial charge on any atom is 0.329 e. The summed E-state index contributed by atoms with van der Waals surface area (Å²) in [5.41, 5.74) is -0.537. The van der Waals surface area contributed by atoms with Crippen LogP contribution in [0, 0.1) is 11.3 Å². The first-order valence-corrected chi connectivity index (χ1v) is 7.69. The second kappa shape index (κ2) is 6.40. The van der Waals surface area contributed by atoms with Crippen molar-refractivity contribution in [2.45, 2.75) is 45.8 Å². The molecule has 0 bridgehead atoms. The second-order valence-electron chi connectivity index (χ2n) is 6.42. The summed E-state index contributed by atoms with van der Waals surface area (Å²) in [5, 5.41) is 9.42. The van der Waals surface area contributed by atoms with Crippen LogP contribution in [-0.4, -0.2) is 16.1 Å². The smallest absolute Gasteiger partial charge is 0.329 e. The number of carbonyl (C=O) groups excluding carboxylic acids is 1. The molecule has 0 aliphatic heterocycles. The van der Waals surface area contributed by atoms with Crippen LogP contribution in [0.15, 0.2) is 18.2 Å². The molecule has 0 amide bonds. The summed E-state index contributed by atoms with van der Waals surface area (Å²) < 4.78 is 33.4. The normalized spacial score (nSPS) is 13.1. The van der Waals surface area contributed by atoms with Crippen molar-refractivity contribution < 1.29 is 18.3 Å². The fourth-order valence-electron chi connectivity index (χ4n) is 2.47. The van der Waals surface area contributed by atoms with Crippen molar-refractivity contribution >= 4 is 28.5 Å². The molecule has 4 nitrogen and oxygen atoms in total. The van der Waals surface area contributed by atoms with E-state index < -0.39 is 24.0 Å². The van der Waals surface area contributed by atoms with Gasteiger partial charge in [-0.25, -0.2) is 13.6 Å². The van der Waals surface area contributed by atoms with E-state index in [-0.39, 0.29) is 16.3 Å². The molecule has 1 atom stereocenters. The Morgan fingerprint density at radius 3 is 2.50 bits per heavy atom. The van der Waals surface area contributed by atoms with Crippen LogP contribution < -0.4 is 0 Å². The first-order chi connectivity index (χ1) is 11.1. The zero-order valence-corrected chi connectivity index (χ0v) is 14.5. The Morgan fingerprint density at radius 1 is 1.38 bits per heavy atom. The Balaban J connectivity index is 2.64. The predicted octanol–water partition coefficient (Wildman–Crippen LogP) is 5.01. The molecular weight excluding hydrogens is 338 g/mol. The zero-order valence-electron chi connectivity index (χ0n) is 13.7. The third-order valence-corrected chi connectivity index (χ3v) is 3.87. The number of hydrogen-bond donors (Lipinski definition) is 0. The fraction of sp³-hybridized carbons (Fsp3) is 0.412. The van der Waals surface area contributed by atoms with Crippen molar-refractivity contribution in [2.24, 2.45) is 0 Å². The molecule has 1 aromatic carbocycles. The minimum atomic E-state index is -2.80. The number of nitrogens with zero attached hydrogens (tertiary/aromatic N) is 2. The fourth-order valence-corrected chi connectivity index (χ4v) is 2.72. The van der Waals surface area contributed by atoms with Crippen LogP contribution in [0.5, 0.6) is 0 Å². The van der Waals surface area contributed by atoms with Gasteiger partial charge in [-0.05, 0) is 45.9 Å². The van der Waals surface area contributed by atoms with Gasteiger partial charge in [0.2, 0.25) is 0 Å². The summed E-state index contributed by atoms with van der Waals surface area (Å²) in [7, 11) is 0. The Kier molecular flexibility index (Phi) is 4.86. The Morgan fingerprint density at radius 2 is 2.00 bits per heavy atom. The summed E-state index contributed by atoms with van der Waals surface area (Å²) in [5.74, 6) is -0.623. The van der Waals surface area contributed by atoms with Gasteiger partial charge in [-0.2, -0.15) is 5.26 Å². The highest BCUT2D eigenvalue weighted by Crippen LogP contribution is 2.36. The van der Waals surface area contributed by atoms with Gasteiger partial charge in [0.05, 0.1) is 21.8 Å². The van der Waals surface area contributed by atoms with Gasteiger partial charge in [-0.3, -0.25) is 0 Å². The molecule has 0 saturated carbocycles. The number of hydrogen-bond acceptors (Lipinski definition) is 3. The predicted molar refractivity (Wildman–Crippen MR) is 87.2 cm³/mol. The molecule has 2 rings (SSSR count). The molecule has 1 heterocycles. The topological polar surface area (TPSA) is 55.0 Å². The molecular formula is C17H17ClF2N2O2. The van der Waals surface area contributed by atoms with Crippen LogP contribution in [0.3, 0.4) is 0 Å². The van der Waals surface area contributed by atoms with Crippen molar-refractivity contribution in [3.8, 4) is 6.07 Å². The van der Waals surface area contributed by atoms with E-state index >= 15 is 0 Å². The molecule has 0 aliphatic rings. The number of benzene rings is 1. The van der Waals surface area contributed by atoms with E-state index in [9.17, 15) is 13.6 Å². The van der Waals surface area contributed by atoms with Gasteiger partial charge < -0.3 is 9.30 Å². The summed E-state index contributed by atoms with van der Waals surface area (Å²) in [4.78, 5) is 12.3. The number of fused-ring (bicyclic) bond motifs is 1. The molecule has 1 unspecified atom stereocenters. The maximum atomic E-state index is 13.5. The van der Waals surface area contributed by atoms with Crippen molar-refractivity contribution in [1.82, 2.24) is 4.57 Å². The van der Waals surface area contributed by atoms with Crippen LogP contribution in [0.4, 0.5) is 8.78 Å². The molecule has 2 aromatic rings. The van der Waals surface area contributed by atoms with Crippen molar-refractivity contribution in [3.63, 3.8) is 0 Å². The lowest BCUT2D eigenvalue weighted by Crippen LogP contribution is -2.29. The summed E-state index contributed by atoms with van der Waals surface area (Å²) in [6.07, 6.45) is -2.80. The third-order valence-electron chi connectivity index (χ3n) is 3.47. The van der Waals surface area contributed by atoms with E-state index in [4.69, 9.17) is 21.6 Å². The first-order valence-electron chi connectivity index (χ1n) is 7.31. The highest BCUT2D eigenvalue weighted by atomic mass is 35.5. The highest BCUT2D eigenvalue weighted by molar-refractivity contribution is 6.36. The van der Waals surface area contributed by atoms with Crippen LogP contribution in [0.1, 0.15) is 51.4 Å². The van der Waals surface area contributed by atoms with Crippen LogP contribution in [0.2, 0.25) is 5.02 Å². The quantitative estimate of drug-likeness (QED) is 0.728.